The van der Waals surface area contributed by atoms with Crippen molar-refractivity contribution in [3.8, 4) is 11.1 Å². The molecule has 1 nitrogen and oxygen atoms in total. The van der Waals surface area contributed by atoms with Crippen molar-refractivity contribution in [3.63, 3.8) is 0 Å². The molecule has 0 spiro atoms. The first-order valence-corrected chi connectivity index (χ1v) is 6.24. The van der Waals surface area contributed by atoms with Crippen LogP contribution in [0.4, 0.5) is 0 Å². The van der Waals surface area contributed by atoms with Gasteiger partial charge < -0.3 is 0 Å². The van der Waals surface area contributed by atoms with E-state index >= 15 is 0 Å². The lowest BCUT2D eigenvalue weighted by Gasteiger charge is -2.09. The summed E-state index contributed by atoms with van der Waals surface area (Å²) >= 11 is 12.7. The number of pyridine rings is 1. The molecule has 3 aromatic rings. The Labute approximate surface area is 115 Å². The molecule has 0 saturated heterocycles. The van der Waals surface area contributed by atoms with Crippen LogP contribution in [0.1, 0.15) is 0 Å². The summed E-state index contributed by atoms with van der Waals surface area (Å²) in [5.74, 6) is 0. The molecule has 0 aliphatic heterocycles. The highest BCUT2D eigenvalue weighted by Crippen LogP contribution is 2.37. The van der Waals surface area contributed by atoms with Crippen LogP contribution in [0.2, 0.25) is 10.2 Å². The lowest BCUT2D eigenvalue weighted by atomic mass is 10.1. The minimum absolute atomic E-state index is 0.404. The van der Waals surface area contributed by atoms with E-state index in [1.165, 1.54) is 0 Å². The van der Waals surface area contributed by atoms with Gasteiger partial charge in [-0.25, -0.2) is 4.98 Å². The Morgan fingerprint density at radius 2 is 1.72 bits per heavy atom. The van der Waals surface area contributed by atoms with Crippen LogP contribution in [0.5, 0.6) is 0 Å². The molecule has 0 amide bonds. The fourth-order valence-electron chi connectivity index (χ4n) is 1.93. The van der Waals surface area contributed by atoms with Crippen molar-refractivity contribution in [2.75, 3.05) is 0 Å². The molecule has 0 aliphatic carbocycles. The third kappa shape index (κ3) is 1.86. The molecule has 0 saturated carbocycles. The van der Waals surface area contributed by atoms with Crippen molar-refractivity contribution in [1.29, 1.82) is 0 Å². The van der Waals surface area contributed by atoms with Gasteiger partial charge in [-0.05, 0) is 5.56 Å². The number of aromatic nitrogens is 1. The molecule has 1 heterocycles. The van der Waals surface area contributed by atoms with Crippen LogP contribution in [0.25, 0.3) is 22.0 Å². The maximum atomic E-state index is 6.44. The molecule has 3 heteroatoms. The van der Waals surface area contributed by atoms with Gasteiger partial charge in [0.05, 0.1) is 10.5 Å². The van der Waals surface area contributed by atoms with Gasteiger partial charge in [0.1, 0.15) is 5.15 Å². The predicted octanol–water partition coefficient (Wildman–Crippen LogP) is 5.01. The van der Waals surface area contributed by atoms with E-state index in [0.29, 0.717) is 15.7 Å². The van der Waals surface area contributed by atoms with Gasteiger partial charge >= 0.3 is 0 Å². The third-order valence-electron chi connectivity index (χ3n) is 2.77. The highest BCUT2D eigenvalue weighted by atomic mass is 35.5. The molecule has 0 atom stereocenters. The standard InChI is InChI=1S/C15H8Cl2N/c16-14-11-8-4-5-9-12(11)18-15(17)13(14)10-6-2-1-3-7-10/h1-8H. The van der Waals surface area contributed by atoms with Crippen LogP contribution in [0.3, 0.4) is 0 Å². The summed E-state index contributed by atoms with van der Waals surface area (Å²) in [5.41, 5.74) is 2.42. The quantitative estimate of drug-likeness (QED) is 0.568. The summed E-state index contributed by atoms with van der Waals surface area (Å²) < 4.78 is 0. The van der Waals surface area contributed by atoms with Crippen LogP contribution < -0.4 is 0 Å². The average Bonchev–Trinajstić information content (AvgIpc) is 2.40. The second kappa shape index (κ2) is 4.60. The summed E-state index contributed by atoms with van der Waals surface area (Å²) in [6.07, 6.45) is 0. The number of hydrogen-bond donors (Lipinski definition) is 0. The van der Waals surface area contributed by atoms with Crippen molar-refractivity contribution in [3.05, 3.63) is 64.8 Å². The van der Waals surface area contributed by atoms with E-state index in [1.54, 1.807) is 6.07 Å². The number of fused-ring (bicyclic) bond motifs is 1. The lowest BCUT2D eigenvalue weighted by Crippen LogP contribution is -1.88. The van der Waals surface area contributed by atoms with Crippen molar-refractivity contribution in [1.82, 2.24) is 4.98 Å². The van der Waals surface area contributed by atoms with E-state index in [1.807, 2.05) is 42.5 Å². The Balaban J connectivity index is 2.37. The zero-order valence-corrected chi connectivity index (χ0v) is 10.8. The van der Waals surface area contributed by atoms with E-state index in [2.05, 4.69) is 11.1 Å². The van der Waals surface area contributed by atoms with E-state index in [4.69, 9.17) is 23.2 Å². The third-order valence-corrected chi connectivity index (χ3v) is 3.44. The smallest absolute Gasteiger partial charge is 0.139 e. The topological polar surface area (TPSA) is 12.9 Å². The normalized spacial score (nSPS) is 10.8. The SMILES string of the molecule is Clc1nc2[c]cccc2c(Cl)c1-c1ccccc1. The van der Waals surface area contributed by atoms with E-state index in [0.717, 1.165) is 16.5 Å². The first-order chi connectivity index (χ1) is 8.77. The van der Waals surface area contributed by atoms with Gasteiger partial charge in [0.15, 0.2) is 0 Å². The number of para-hydroxylation sites is 1. The Bertz CT molecular complexity index is 708. The Morgan fingerprint density at radius 1 is 0.944 bits per heavy atom. The van der Waals surface area contributed by atoms with Gasteiger partial charge in [-0.15, -0.1) is 0 Å². The Morgan fingerprint density at radius 3 is 2.50 bits per heavy atom. The maximum absolute atomic E-state index is 6.44. The Hall–Kier alpha value is -1.57. The molecule has 0 unspecified atom stereocenters. The van der Waals surface area contributed by atoms with Crippen molar-refractivity contribution in [2.24, 2.45) is 0 Å². The van der Waals surface area contributed by atoms with Gasteiger partial charge in [-0.3, -0.25) is 0 Å². The zero-order valence-electron chi connectivity index (χ0n) is 9.32. The first-order valence-electron chi connectivity index (χ1n) is 5.48. The second-order valence-electron chi connectivity index (χ2n) is 3.89. The van der Waals surface area contributed by atoms with Crippen molar-refractivity contribution in [2.45, 2.75) is 0 Å². The zero-order chi connectivity index (χ0) is 12.5. The molecule has 3 rings (SSSR count). The minimum atomic E-state index is 0.404. The molecular weight excluding hydrogens is 265 g/mol. The monoisotopic (exact) mass is 272 g/mol. The summed E-state index contributed by atoms with van der Waals surface area (Å²) in [5, 5.41) is 1.89. The van der Waals surface area contributed by atoms with Crippen LogP contribution in [0, 0.1) is 6.07 Å². The van der Waals surface area contributed by atoms with Crippen LogP contribution >= 0.6 is 23.2 Å². The lowest BCUT2D eigenvalue weighted by molar-refractivity contribution is 1.40. The number of hydrogen-bond acceptors (Lipinski definition) is 1. The largest absolute Gasteiger partial charge is 0.235 e. The van der Waals surface area contributed by atoms with Gasteiger partial charge in [0.25, 0.3) is 0 Å². The summed E-state index contributed by atoms with van der Waals surface area (Å²) in [4.78, 5) is 4.34. The first kappa shape index (κ1) is 11.5. The van der Waals surface area contributed by atoms with Crippen LogP contribution in [0.15, 0.2) is 48.5 Å². The molecule has 87 valence electrons. The number of rotatable bonds is 1. The van der Waals surface area contributed by atoms with Crippen LogP contribution in [-0.2, 0) is 0 Å². The van der Waals surface area contributed by atoms with Crippen molar-refractivity contribution < 1.29 is 0 Å². The fraction of sp³-hybridized carbons (Fsp3) is 0. The van der Waals surface area contributed by atoms with E-state index in [-0.39, 0.29) is 0 Å². The highest BCUT2D eigenvalue weighted by molar-refractivity contribution is 6.42. The summed E-state index contributed by atoms with van der Waals surface area (Å²) in [7, 11) is 0. The highest BCUT2D eigenvalue weighted by Gasteiger charge is 2.13. The van der Waals surface area contributed by atoms with E-state index in [9.17, 15) is 0 Å². The number of benzene rings is 2. The minimum Gasteiger partial charge on any atom is -0.235 e. The predicted molar refractivity (Wildman–Crippen MR) is 76.0 cm³/mol. The molecule has 0 bridgehead atoms. The molecule has 0 aliphatic rings. The summed E-state index contributed by atoms with van der Waals surface area (Å²) in [6, 6.07) is 18.4. The summed E-state index contributed by atoms with van der Waals surface area (Å²) in [6.45, 7) is 0. The second-order valence-corrected chi connectivity index (χ2v) is 4.63. The van der Waals surface area contributed by atoms with E-state index < -0.39 is 0 Å². The maximum Gasteiger partial charge on any atom is 0.139 e. The van der Waals surface area contributed by atoms with Gasteiger partial charge in [-0.2, -0.15) is 0 Å². The van der Waals surface area contributed by atoms with Crippen LogP contribution in [-0.4, -0.2) is 4.98 Å². The Kier molecular flexibility index (Phi) is 2.94. The molecule has 1 radical (unpaired) electrons. The molecule has 1 aromatic heterocycles. The van der Waals surface area contributed by atoms with Gasteiger partial charge in [-0.1, -0.05) is 71.7 Å². The average molecular weight is 273 g/mol. The fourth-order valence-corrected chi connectivity index (χ4v) is 2.62. The molecule has 18 heavy (non-hydrogen) atoms. The van der Waals surface area contributed by atoms with Gasteiger partial charge in [0.2, 0.25) is 0 Å². The molecule has 0 fully saturated rings. The molecular formula is C15H8Cl2N. The number of halogens is 2. The van der Waals surface area contributed by atoms with Gasteiger partial charge in [0, 0.05) is 17.0 Å². The molecule has 0 N–H and O–H groups in total. The number of nitrogens with zero attached hydrogens (tertiary/aromatic N) is 1. The molecule has 2 aromatic carbocycles. The van der Waals surface area contributed by atoms with Crippen molar-refractivity contribution >= 4 is 34.1 Å².